The van der Waals surface area contributed by atoms with Crippen molar-refractivity contribution in [2.75, 3.05) is 32.7 Å². The molecule has 21 heavy (non-hydrogen) atoms. The lowest BCUT2D eigenvalue weighted by molar-refractivity contribution is 0.0795. The molecule has 1 aliphatic heterocycles. The molecule has 1 atom stereocenters. The Morgan fingerprint density at radius 3 is 2.48 bits per heavy atom. The third-order valence-corrected chi connectivity index (χ3v) is 4.10. The Balaban J connectivity index is 1.87. The predicted octanol–water partition coefficient (Wildman–Crippen LogP) is 2.56. The minimum Gasteiger partial charge on any atom is -0.300 e. The van der Waals surface area contributed by atoms with Gasteiger partial charge in [-0.25, -0.2) is 8.78 Å². The average molecular weight is 296 g/mol. The molecule has 116 valence electrons. The van der Waals surface area contributed by atoms with E-state index in [0.717, 1.165) is 44.4 Å². The van der Waals surface area contributed by atoms with Crippen LogP contribution in [0.3, 0.4) is 0 Å². The first kappa shape index (κ1) is 16.0. The smallest absolute Gasteiger partial charge is 0.164 e. The van der Waals surface area contributed by atoms with Crippen LogP contribution in [-0.4, -0.2) is 54.3 Å². The van der Waals surface area contributed by atoms with Crippen molar-refractivity contribution in [3.63, 3.8) is 0 Å². The highest BCUT2D eigenvalue weighted by Gasteiger charge is 2.22. The van der Waals surface area contributed by atoms with Crippen LogP contribution in [0.4, 0.5) is 8.78 Å². The molecule has 3 nitrogen and oxygen atoms in total. The van der Waals surface area contributed by atoms with Gasteiger partial charge >= 0.3 is 0 Å². The normalized spacial score (nSPS) is 20.7. The van der Waals surface area contributed by atoms with Crippen molar-refractivity contribution in [1.82, 2.24) is 9.80 Å². The van der Waals surface area contributed by atoms with Crippen molar-refractivity contribution in [3.8, 4) is 0 Å². The van der Waals surface area contributed by atoms with Crippen LogP contribution in [0.1, 0.15) is 30.6 Å². The molecule has 0 aliphatic carbocycles. The molecule has 0 aromatic heterocycles. The molecule has 1 unspecified atom stereocenters. The molecular formula is C16H22F2N2O. The van der Waals surface area contributed by atoms with Crippen molar-refractivity contribution >= 4 is 5.78 Å². The Hall–Kier alpha value is -1.33. The summed E-state index contributed by atoms with van der Waals surface area (Å²) in [5.41, 5.74) is 0.118. The minimum atomic E-state index is -0.705. The molecule has 5 heteroatoms. The van der Waals surface area contributed by atoms with Crippen LogP contribution in [-0.2, 0) is 0 Å². The molecule has 1 heterocycles. The molecular weight excluding hydrogens is 274 g/mol. The minimum absolute atomic E-state index is 0.118. The van der Waals surface area contributed by atoms with Crippen LogP contribution in [0.25, 0.3) is 0 Å². The fourth-order valence-corrected chi connectivity index (χ4v) is 2.86. The third kappa shape index (κ3) is 4.32. The zero-order valence-corrected chi connectivity index (χ0v) is 12.6. The summed E-state index contributed by atoms with van der Waals surface area (Å²) in [6.07, 6.45) is 0.293. The van der Waals surface area contributed by atoms with Crippen LogP contribution in [0.5, 0.6) is 0 Å². The standard InChI is InChI=1S/C16H22F2N2O/c1-3-20-7-6-19(11-12(20)2)5-4-16(21)13-8-14(17)10-15(18)9-13/h8-10,12H,3-7,11H2,1-2H3. The molecule has 0 bridgehead atoms. The zero-order chi connectivity index (χ0) is 15.4. The predicted molar refractivity (Wildman–Crippen MR) is 78.5 cm³/mol. The molecule has 1 aliphatic rings. The van der Waals surface area contributed by atoms with Crippen LogP contribution in [0, 0.1) is 11.6 Å². The van der Waals surface area contributed by atoms with E-state index < -0.39 is 11.6 Å². The van der Waals surface area contributed by atoms with Crippen molar-refractivity contribution in [3.05, 3.63) is 35.4 Å². The first-order chi connectivity index (χ1) is 9.99. The summed E-state index contributed by atoms with van der Waals surface area (Å²) in [6, 6.07) is 3.46. The number of nitrogens with zero attached hydrogens (tertiary/aromatic N) is 2. The number of hydrogen-bond acceptors (Lipinski definition) is 3. The van der Waals surface area contributed by atoms with Gasteiger partial charge in [-0.05, 0) is 25.6 Å². The number of likely N-dealkylation sites (N-methyl/N-ethyl adjacent to an activating group) is 1. The highest BCUT2D eigenvalue weighted by molar-refractivity contribution is 5.96. The topological polar surface area (TPSA) is 23.6 Å². The summed E-state index contributed by atoms with van der Waals surface area (Å²) in [5, 5.41) is 0. The fraction of sp³-hybridized carbons (Fsp3) is 0.562. The molecule has 0 N–H and O–H groups in total. The lowest BCUT2D eigenvalue weighted by atomic mass is 10.1. The molecule has 1 aromatic rings. The molecule has 0 saturated carbocycles. The zero-order valence-electron chi connectivity index (χ0n) is 12.6. The largest absolute Gasteiger partial charge is 0.300 e. The number of carbonyl (C=O) groups excluding carboxylic acids is 1. The van der Waals surface area contributed by atoms with Gasteiger partial charge in [-0.1, -0.05) is 6.92 Å². The van der Waals surface area contributed by atoms with E-state index in [2.05, 4.69) is 23.6 Å². The molecule has 0 spiro atoms. The van der Waals surface area contributed by atoms with Gasteiger partial charge < -0.3 is 4.90 Å². The summed E-state index contributed by atoms with van der Waals surface area (Å²) < 4.78 is 26.2. The van der Waals surface area contributed by atoms with Crippen molar-refractivity contribution < 1.29 is 13.6 Å². The second-order valence-corrected chi connectivity index (χ2v) is 5.61. The number of ketones is 1. The number of Topliss-reactive ketones (excluding diaryl/α,β-unsaturated/α-hetero) is 1. The number of rotatable bonds is 5. The van der Waals surface area contributed by atoms with Crippen LogP contribution < -0.4 is 0 Å². The van der Waals surface area contributed by atoms with E-state index in [9.17, 15) is 13.6 Å². The van der Waals surface area contributed by atoms with Gasteiger partial charge in [-0.15, -0.1) is 0 Å². The second kappa shape index (κ2) is 7.09. The van der Waals surface area contributed by atoms with E-state index in [-0.39, 0.29) is 11.3 Å². The van der Waals surface area contributed by atoms with E-state index in [0.29, 0.717) is 19.0 Å². The summed E-state index contributed by atoms with van der Waals surface area (Å²) in [6.45, 7) is 8.87. The third-order valence-electron chi connectivity index (χ3n) is 4.10. The number of halogens is 2. The Morgan fingerprint density at radius 2 is 1.90 bits per heavy atom. The summed E-state index contributed by atoms with van der Waals surface area (Å²) >= 11 is 0. The van der Waals surface area contributed by atoms with Gasteiger partial charge in [0.1, 0.15) is 11.6 Å². The quantitative estimate of drug-likeness (QED) is 0.780. The van der Waals surface area contributed by atoms with E-state index in [1.165, 1.54) is 0 Å². The van der Waals surface area contributed by atoms with Crippen molar-refractivity contribution in [2.45, 2.75) is 26.3 Å². The first-order valence-corrected chi connectivity index (χ1v) is 7.45. The van der Waals surface area contributed by atoms with Gasteiger partial charge in [0.25, 0.3) is 0 Å². The summed E-state index contributed by atoms with van der Waals surface area (Å²) in [7, 11) is 0. The van der Waals surface area contributed by atoms with E-state index >= 15 is 0 Å². The monoisotopic (exact) mass is 296 g/mol. The maximum absolute atomic E-state index is 13.1. The van der Waals surface area contributed by atoms with Gasteiger partial charge in [0.05, 0.1) is 0 Å². The van der Waals surface area contributed by atoms with Crippen LogP contribution in [0.15, 0.2) is 18.2 Å². The lowest BCUT2D eigenvalue weighted by Crippen LogP contribution is -2.51. The molecule has 1 aromatic carbocycles. The Kier molecular flexibility index (Phi) is 5.42. The fourth-order valence-electron chi connectivity index (χ4n) is 2.86. The summed E-state index contributed by atoms with van der Waals surface area (Å²) in [4.78, 5) is 16.7. The maximum Gasteiger partial charge on any atom is 0.164 e. The maximum atomic E-state index is 13.1. The van der Waals surface area contributed by atoms with Gasteiger partial charge in [-0.2, -0.15) is 0 Å². The van der Waals surface area contributed by atoms with E-state index in [4.69, 9.17) is 0 Å². The number of benzene rings is 1. The number of piperazine rings is 1. The SMILES string of the molecule is CCN1CCN(CCC(=O)c2cc(F)cc(F)c2)CC1C. The number of hydrogen-bond donors (Lipinski definition) is 0. The molecule has 0 radical (unpaired) electrons. The molecule has 0 amide bonds. The van der Waals surface area contributed by atoms with Gasteiger partial charge in [0.2, 0.25) is 0 Å². The summed E-state index contributed by atoms with van der Waals surface area (Å²) in [5.74, 6) is -1.62. The Morgan fingerprint density at radius 1 is 1.24 bits per heavy atom. The van der Waals surface area contributed by atoms with Crippen LogP contribution >= 0.6 is 0 Å². The molecule has 1 saturated heterocycles. The van der Waals surface area contributed by atoms with Crippen molar-refractivity contribution in [2.24, 2.45) is 0 Å². The number of carbonyl (C=O) groups is 1. The van der Waals surface area contributed by atoms with Gasteiger partial charge in [0.15, 0.2) is 5.78 Å². The second-order valence-electron chi connectivity index (χ2n) is 5.61. The van der Waals surface area contributed by atoms with E-state index in [1.807, 2.05) is 0 Å². The Labute approximate surface area is 124 Å². The molecule has 2 rings (SSSR count). The highest BCUT2D eigenvalue weighted by Crippen LogP contribution is 2.13. The van der Waals surface area contributed by atoms with E-state index in [1.54, 1.807) is 0 Å². The highest BCUT2D eigenvalue weighted by atomic mass is 19.1. The van der Waals surface area contributed by atoms with Crippen molar-refractivity contribution in [1.29, 1.82) is 0 Å². The Bertz CT molecular complexity index is 487. The van der Waals surface area contributed by atoms with Crippen LogP contribution in [0.2, 0.25) is 0 Å². The lowest BCUT2D eigenvalue weighted by Gasteiger charge is -2.39. The van der Waals surface area contributed by atoms with Gasteiger partial charge in [0, 0.05) is 50.3 Å². The average Bonchev–Trinajstić information content (AvgIpc) is 2.43. The van der Waals surface area contributed by atoms with Gasteiger partial charge in [-0.3, -0.25) is 9.69 Å². The molecule has 1 fully saturated rings. The first-order valence-electron chi connectivity index (χ1n) is 7.45.